The molecule has 0 spiro atoms. The molecule has 1 aliphatic heterocycles. The highest BCUT2D eigenvalue weighted by atomic mass is 16.4. The molecular formula is C9H11N3O2. The van der Waals surface area contributed by atoms with Gasteiger partial charge >= 0.3 is 6.09 Å². The number of pyridine rings is 1. The van der Waals surface area contributed by atoms with Gasteiger partial charge in [-0.1, -0.05) is 6.07 Å². The molecule has 0 atom stereocenters. The van der Waals surface area contributed by atoms with Crippen LogP contribution in [0.25, 0.3) is 0 Å². The third-order valence-corrected chi connectivity index (χ3v) is 2.34. The van der Waals surface area contributed by atoms with Crippen molar-refractivity contribution in [1.82, 2.24) is 9.88 Å². The van der Waals surface area contributed by atoms with Gasteiger partial charge < -0.3 is 15.7 Å². The largest absolute Gasteiger partial charge is 0.465 e. The van der Waals surface area contributed by atoms with E-state index in [0.29, 0.717) is 25.3 Å². The number of fused-ring (bicyclic) bond motifs is 1. The van der Waals surface area contributed by atoms with Gasteiger partial charge in [-0.25, -0.2) is 9.78 Å². The maximum absolute atomic E-state index is 10.7. The molecule has 1 aromatic heterocycles. The third kappa shape index (κ3) is 1.48. The summed E-state index contributed by atoms with van der Waals surface area (Å²) in [5.41, 5.74) is 7.41. The molecule has 0 saturated heterocycles. The average molecular weight is 193 g/mol. The molecular weight excluding hydrogens is 182 g/mol. The van der Waals surface area contributed by atoms with Gasteiger partial charge in [0.2, 0.25) is 0 Å². The average Bonchev–Trinajstić information content (AvgIpc) is 2.16. The third-order valence-electron chi connectivity index (χ3n) is 2.34. The maximum atomic E-state index is 10.7. The molecule has 5 heteroatoms. The molecule has 2 heterocycles. The number of rotatable bonds is 0. The fraction of sp³-hybridized carbons (Fsp3) is 0.333. The Morgan fingerprint density at radius 1 is 1.57 bits per heavy atom. The number of carboxylic acid groups (broad SMARTS) is 1. The van der Waals surface area contributed by atoms with Crippen molar-refractivity contribution in [2.75, 3.05) is 12.3 Å². The molecule has 5 nitrogen and oxygen atoms in total. The number of aromatic nitrogens is 1. The van der Waals surface area contributed by atoms with Crippen molar-refractivity contribution in [3.63, 3.8) is 0 Å². The molecule has 14 heavy (non-hydrogen) atoms. The number of amides is 1. The van der Waals surface area contributed by atoms with Crippen LogP contribution < -0.4 is 5.73 Å². The monoisotopic (exact) mass is 193 g/mol. The van der Waals surface area contributed by atoms with E-state index in [9.17, 15) is 4.79 Å². The van der Waals surface area contributed by atoms with Crippen molar-refractivity contribution in [2.45, 2.75) is 13.0 Å². The first-order valence-corrected chi connectivity index (χ1v) is 4.39. The lowest BCUT2D eigenvalue weighted by Gasteiger charge is -2.25. The van der Waals surface area contributed by atoms with Crippen molar-refractivity contribution in [3.8, 4) is 0 Å². The molecule has 0 aromatic carbocycles. The lowest BCUT2D eigenvalue weighted by Crippen LogP contribution is -2.35. The Morgan fingerprint density at radius 2 is 2.36 bits per heavy atom. The Balaban J connectivity index is 2.27. The first-order valence-electron chi connectivity index (χ1n) is 4.39. The standard InChI is InChI=1S/C9H11N3O2/c10-8-2-1-6-5-12(9(13)14)4-3-7(6)11-8/h1-2H,3-5H2,(H2,10,11)(H,13,14). The van der Waals surface area contributed by atoms with E-state index in [2.05, 4.69) is 4.98 Å². The normalized spacial score (nSPS) is 15.0. The molecule has 0 fully saturated rings. The van der Waals surface area contributed by atoms with E-state index in [1.165, 1.54) is 4.90 Å². The Labute approximate surface area is 81.2 Å². The van der Waals surface area contributed by atoms with Gasteiger partial charge in [0.15, 0.2) is 0 Å². The van der Waals surface area contributed by atoms with E-state index in [1.807, 2.05) is 6.07 Å². The number of nitrogen functional groups attached to an aromatic ring is 1. The van der Waals surface area contributed by atoms with Gasteiger partial charge in [0.05, 0.1) is 6.54 Å². The summed E-state index contributed by atoms with van der Waals surface area (Å²) in [7, 11) is 0. The van der Waals surface area contributed by atoms with Crippen LogP contribution in [0.1, 0.15) is 11.3 Å². The summed E-state index contributed by atoms with van der Waals surface area (Å²) in [6.45, 7) is 0.913. The van der Waals surface area contributed by atoms with Crippen molar-refractivity contribution in [2.24, 2.45) is 0 Å². The topological polar surface area (TPSA) is 79.5 Å². The zero-order valence-corrected chi connectivity index (χ0v) is 7.60. The summed E-state index contributed by atoms with van der Waals surface area (Å²) < 4.78 is 0. The molecule has 3 N–H and O–H groups in total. The summed E-state index contributed by atoms with van der Waals surface area (Å²) in [6, 6.07) is 3.54. The molecule has 0 bridgehead atoms. The Morgan fingerprint density at radius 3 is 3.07 bits per heavy atom. The number of carbonyl (C=O) groups is 1. The molecule has 1 aliphatic rings. The number of hydrogen-bond donors (Lipinski definition) is 2. The molecule has 74 valence electrons. The van der Waals surface area contributed by atoms with Gasteiger partial charge in [-0.05, 0) is 11.6 Å². The summed E-state index contributed by atoms with van der Waals surface area (Å²) >= 11 is 0. The van der Waals surface area contributed by atoms with Crippen LogP contribution in [0.4, 0.5) is 10.6 Å². The van der Waals surface area contributed by atoms with E-state index < -0.39 is 6.09 Å². The highest BCUT2D eigenvalue weighted by Crippen LogP contribution is 2.18. The van der Waals surface area contributed by atoms with Crippen molar-refractivity contribution in [3.05, 3.63) is 23.4 Å². The first kappa shape index (κ1) is 8.80. The molecule has 2 rings (SSSR count). The van der Waals surface area contributed by atoms with Crippen molar-refractivity contribution < 1.29 is 9.90 Å². The van der Waals surface area contributed by atoms with Crippen molar-refractivity contribution in [1.29, 1.82) is 0 Å². The van der Waals surface area contributed by atoms with Crippen LogP contribution in [0.2, 0.25) is 0 Å². The summed E-state index contributed by atoms with van der Waals surface area (Å²) in [4.78, 5) is 16.3. The second-order valence-corrected chi connectivity index (χ2v) is 3.30. The van der Waals surface area contributed by atoms with Gasteiger partial charge in [0.25, 0.3) is 0 Å². The second-order valence-electron chi connectivity index (χ2n) is 3.30. The van der Waals surface area contributed by atoms with Crippen LogP contribution in [0.15, 0.2) is 12.1 Å². The zero-order chi connectivity index (χ0) is 10.1. The first-order chi connectivity index (χ1) is 6.66. The van der Waals surface area contributed by atoms with Crippen LogP contribution >= 0.6 is 0 Å². The Kier molecular flexibility index (Phi) is 1.99. The van der Waals surface area contributed by atoms with Gasteiger partial charge in [-0.2, -0.15) is 0 Å². The summed E-state index contributed by atoms with van der Waals surface area (Å²) in [6.07, 6.45) is -0.236. The predicted molar refractivity (Wildman–Crippen MR) is 50.8 cm³/mol. The van der Waals surface area contributed by atoms with Crippen LogP contribution in [0, 0.1) is 0 Å². The van der Waals surface area contributed by atoms with E-state index in [1.54, 1.807) is 6.07 Å². The zero-order valence-electron chi connectivity index (χ0n) is 7.60. The predicted octanol–water partition coefficient (Wildman–Crippen LogP) is 0.700. The lowest BCUT2D eigenvalue weighted by atomic mass is 10.1. The molecule has 0 aliphatic carbocycles. The fourth-order valence-electron chi connectivity index (χ4n) is 1.60. The van der Waals surface area contributed by atoms with Crippen molar-refractivity contribution >= 4 is 11.9 Å². The molecule has 1 aromatic rings. The number of nitrogens with two attached hydrogens (primary N) is 1. The molecule has 1 amide bonds. The smallest absolute Gasteiger partial charge is 0.407 e. The molecule has 0 unspecified atom stereocenters. The van der Waals surface area contributed by atoms with E-state index >= 15 is 0 Å². The maximum Gasteiger partial charge on any atom is 0.407 e. The SMILES string of the molecule is Nc1ccc2c(n1)CCN(C(=O)O)C2. The van der Waals surface area contributed by atoms with Gasteiger partial charge in [-0.15, -0.1) is 0 Å². The van der Waals surface area contributed by atoms with E-state index in [0.717, 1.165) is 11.3 Å². The van der Waals surface area contributed by atoms with Gasteiger partial charge in [0, 0.05) is 18.7 Å². The molecule has 0 saturated carbocycles. The highest BCUT2D eigenvalue weighted by Gasteiger charge is 2.20. The molecule has 0 radical (unpaired) electrons. The Hall–Kier alpha value is -1.78. The number of nitrogens with zero attached hydrogens (tertiary/aromatic N) is 2. The number of anilines is 1. The Bertz CT molecular complexity index is 378. The van der Waals surface area contributed by atoms with Gasteiger partial charge in [-0.3, -0.25) is 0 Å². The number of hydrogen-bond acceptors (Lipinski definition) is 3. The van der Waals surface area contributed by atoms with Crippen LogP contribution in [-0.4, -0.2) is 27.6 Å². The lowest BCUT2D eigenvalue weighted by molar-refractivity contribution is 0.139. The summed E-state index contributed by atoms with van der Waals surface area (Å²) in [5, 5.41) is 8.80. The second kappa shape index (κ2) is 3.17. The van der Waals surface area contributed by atoms with E-state index in [-0.39, 0.29) is 0 Å². The quantitative estimate of drug-likeness (QED) is 0.635. The highest BCUT2D eigenvalue weighted by molar-refractivity contribution is 5.65. The van der Waals surface area contributed by atoms with E-state index in [4.69, 9.17) is 10.8 Å². The minimum absolute atomic E-state index is 0.415. The van der Waals surface area contributed by atoms with Gasteiger partial charge in [0.1, 0.15) is 5.82 Å². The minimum atomic E-state index is -0.882. The minimum Gasteiger partial charge on any atom is -0.465 e. The fourth-order valence-corrected chi connectivity index (χ4v) is 1.60. The van der Waals surface area contributed by atoms with Crippen LogP contribution in [0.5, 0.6) is 0 Å². The van der Waals surface area contributed by atoms with Crippen LogP contribution in [-0.2, 0) is 13.0 Å². The summed E-state index contributed by atoms with van der Waals surface area (Å²) in [5.74, 6) is 0.493. The van der Waals surface area contributed by atoms with Crippen LogP contribution in [0.3, 0.4) is 0 Å².